The monoisotopic (exact) mass is 306 g/mol. The van der Waals surface area contributed by atoms with Gasteiger partial charge in [-0.3, -0.25) is 4.98 Å². The van der Waals surface area contributed by atoms with Crippen molar-refractivity contribution < 1.29 is 14.3 Å². The topological polar surface area (TPSA) is 51.7 Å². The Bertz CT molecular complexity index is 484. The highest BCUT2D eigenvalue weighted by atomic mass is 16.6. The van der Waals surface area contributed by atoms with Crippen LogP contribution < -0.4 is 0 Å². The third-order valence-corrected chi connectivity index (χ3v) is 3.62. The van der Waals surface area contributed by atoms with Crippen LogP contribution >= 0.6 is 0 Å². The zero-order valence-corrected chi connectivity index (χ0v) is 13.9. The van der Waals surface area contributed by atoms with Gasteiger partial charge in [0, 0.05) is 25.2 Å². The van der Waals surface area contributed by atoms with E-state index in [4.69, 9.17) is 9.47 Å². The molecular formula is C17H26N2O3. The Morgan fingerprint density at radius 1 is 1.45 bits per heavy atom. The molecule has 0 radical (unpaired) electrons. The van der Waals surface area contributed by atoms with E-state index >= 15 is 0 Å². The van der Waals surface area contributed by atoms with Crippen molar-refractivity contribution in [2.75, 3.05) is 19.7 Å². The van der Waals surface area contributed by atoms with Crippen LogP contribution in [0.25, 0.3) is 0 Å². The Morgan fingerprint density at radius 3 is 2.86 bits per heavy atom. The molecule has 1 aliphatic rings. The molecule has 5 nitrogen and oxygen atoms in total. The summed E-state index contributed by atoms with van der Waals surface area (Å²) in [6, 6.07) is 5.82. The van der Waals surface area contributed by atoms with Crippen LogP contribution in [0.1, 0.15) is 45.9 Å². The maximum absolute atomic E-state index is 12.0. The van der Waals surface area contributed by atoms with Crippen LogP contribution in [0.2, 0.25) is 0 Å². The Morgan fingerprint density at radius 2 is 2.23 bits per heavy atom. The maximum atomic E-state index is 12.0. The van der Waals surface area contributed by atoms with Gasteiger partial charge in [0.15, 0.2) is 0 Å². The largest absolute Gasteiger partial charge is 0.444 e. The second kappa shape index (κ2) is 7.09. The number of aromatic nitrogens is 1. The number of carbonyl (C=O) groups is 1. The molecule has 22 heavy (non-hydrogen) atoms. The van der Waals surface area contributed by atoms with Gasteiger partial charge in [-0.1, -0.05) is 6.07 Å². The molecule has 0 N–H and O–H groups in total. The minimum Gasteiger partial charge on any atom is -0.444 e. The van der Waals surface area contributed by atoms with E-state index in [0.29, 0.717) is 19.1 Å². The van der Waals surface area contributed by atoms with Gasteiger partial charge in [0.2, 0.25) is 0 Å². The second-order valence-corrected chi connectivity index (χ2v) is 6.81. The van der Waals surface area contributed by atoms with Crippen LogP contribution in [-0.4, -0.2) is 41.3 Å². The number of pyridine rings is 1. The molecule has 1 aliphatic heterocycles. The highest BCUT2D eigenvalue weighted by molar-refractivity contribution is 5.68. The van der Waals surface area contributed by atoms with E-state index < -0.39 is 5.60 Å². The van der Waals surface area contributed by atoms with Crippen LogP contribution in [0.5, 0.6) is 0 Å². The molecule has 2 rings (SSSR count). The molecule has 0 spiro atoms. The van der Waals surface area contributed by atoms with Crippen molar-refractivity contribution in [3.8, 4) is 0 Å². The van der Waals surface area contributed by atoms with E-state index in [0.717, 1.165) is 18.7 Å². The normalized spacial score (nSPS) is 20.0. The first-order chi connectivity index (χ1) is 10.3. The van der Waals surface area contributed by atoms with E-state index in [1.54, 1.807) is 11.1 Å². The summed E-state index contributed by atoms with van der Waals surface area (Å²) in [6.07, 6.45) is 2.47. The smallest absolute Gasteiger partial charge is 0.410 e. The number of hydrogen-bond acceptors (Lipinski definition) is 4. The predicted molar refractivity (Wildman–Crippen MR) is 84.5 cm³/mol. The predicted octanol–water partition coefficient (Wildman–Crippen LogP) is 3.42. The van der Waals surface area contributed by atoms with Crippen molar-refractivity contribution in [3.63, 3.8) is 0 Å². The third kappa shape index (κ3) is 4.98. The van der Waals surface area contributed by atoms with Crippen LogP contribution in [0.15, 0.2) is 24.4 Å². The molecule has 122 valence electrons. The van der Waals surface area contributed by atoms with Crippen molar-refractivity contribution in [3.05, 3.63) is 30.1 Å². The first kappa shape index (κ1) is 16.7. The molecule has 1 fully saturated rings. The van der Waals surface area contributed by atoms with Gasteiger partial charge in [0.1, 0.15) is 5.60 Å². The Hall–Kier alpha value is -1.62. The van der Waals surface area contributed by atoms with E-state index in [1.165, 1.54) is 0 Å². The molecule has 1 amide bonds. The van der Waals surface area contributed by atoms with Crippen molar-refractivity contribution >= 4 is 6.09 Å². The van der Waals surface area contributed by atoms with Gasteiger partial charge in [-0.25, -0.2) is 4.79 Å². The number of rotatable bonds is 4. The first-order valence-electron chi connectivity index (χ1n) is 7.85. The van der Waals surface area contributed by atoms with E-state index in [1.807, 2.05) is 45.9 Å². The standard InChI is InChI=1S/C17H26N2O3/c1-13(15-7-5-6-9-18-15)21-12-14-8-10-19(11-14)16(20)22-17(2,3)4/h5-7,9,13-14H,8,10-12H2,1-4H3. The van der Waals surface area contributed by atoms with Crippen molar-refractivity contribution in [2.45, 2.75) is 45.8 Å². The lowest BCUT2D eigenvalue weighted by molar-refractivity contribution is 0.0228. The lowest BCUT2D eigenvalue weighted by Crippen LogP contribution is -2.35. The summed E-state index contributed by atoms with van der Waals surface area (Å²) in [5, 5.41) is 0. The van der Waals surface area contributed by atoms with Crippen LogP contribution in [0.4, 0.5) is 4.79 Å². The van der Waals surface area contributed by atoms with Crippen LogP contribution in [-0.2, 0) is 9.47 Å². The van der Waals surface area contributed by atoms with Crippen molar-refractivity contribution in [1.29, 1.82) is 0 Å². The van der Waals surface area contributed by atoms with Gasteiger partial charge < -0.3 is 14.4 Å². The number of ether oxygens (including phenoxy) is 2. The van der Waals surface area contributed by atoms with Gasteiger partial charge in [0.25, 0.3) is 0 Å². The fourth-order valence-corrected chi connectivity index (χ4v) is 2.44. The van der Waals surface area contributed by atoms with E-state index in [9.17, 15) is 4.79 Å². The summed E-state index contributed by atoms with van der Waals surface area (Å²) in [5.74, 6) is 0.360. The number of hydrogen-bond donors (Lipinski definition) is 0. The SMILES string of the molecule is CC(OCC1CCN(C(=O)OC(C)(C)C)C1)c1ccccn1. The quantitative estimate of drug-likeness (QED) is 0.855. The first-order valence-corrected chi connectivity index (χ1v) is 7.85. The van der Waals surface area contributed by atoms with Gasteiger partial charge >= 0.3 is 6.09 Å². The molecular weight excluding hydrogens is 280 g/mol. The minimum atomic E-state index is -0.445. The number of carbonyl (C=O) groups excluding carboxylic acids is 1. The zero-order chi connectivity index (χ0) is 16.2. The average Bonchev–Trinajstić information content (AvgIpc) is 2.93. The third-order valence-electron chi connectivity index (χ3n) is 3.62. The summed E-state index contributed by atoms with van der Waals surface area (Å²) < 4.78 is 11.3. The second-order valence-electron chi connectivity index (χ2n) is 6.81. The summed E-state index contributed by atoms with van der Waals surface area (Å²) in [5.41, 5.74) is 0.489. The Balaban J connectivity index is 1.76. The number of likely N-dealkylation sites (tertiary alicyclic amines) is 1. The van der Waals surface area contributed by atoms with E-state index in [2.05, 4.69) is 4.98 Å². The summed E-state index contributed by atoms with van der Waals surface area (Å²) in [4.78, 5) is 18.1. The lowest BCUT2D eigenvalue weighted by Gasteiger charge is -2.24. The lowest BCUT2D eigenvalue weighted by atomic mass is 10.1. The fourth-order valence-electron chi connectivity index (χ4n) is 2.44. The molecule has 2 atom stereocenters. The molecule has 5 heteroatoms. The Labute approximate surface area is 132 Å². The van der Waals surface area contributed by atoms with Crippen molar-refractivity contribution in [1.82, 2.24) is 9.88 Å². The fraction of sp³-hybridized carbons (Fsp3) is 0.647. The molecule has 2 unspecified atom stereocenters. The van der Waals surface area contributed by atoms with Gasteiger partial charge in [0.05, 0.1) is 18.4 Å². The maximum Gasteiger partial charge on any atom is 0.410 e. The number of amides is 1. The molecule has 0 aromatic carbocycles. The molecule has 1 saturated heterocycles. The molecule has 0 aliphatic carbocycles. The molecule has 2 heterocycles. The average molecular weight is 306 g/mol. The summed E-state index contributed by atoms with van der Waals surface area (Å²) in [7, 11) is 0. The summed E-state index contributed by atoms with van der Waals surface area (Å²) in [6.45, 7) is 9.73. The molecule has 0 saturated carbocycles. The van der Waals surface area contributed by atoms with Crippen molar-refractivity contribution in [2.24, 2.45) is 5.92 Å². The van der Waals surface area contributed by atoms with Gasteiger partial charge in [-0.15, -0.1) is 0 Å². The number of nitrogens with zero attached hydrogens (tertiary/aromatic N) is 2. The Kier molecular flexibility index (Phi) is 5.40. The highest BCUT2D eigenvalue weighted by Crippen LogP contribution is 2.22. The van der Waals surface area contributed by atoms with Crippen LogP contribution in [0, 0.1) is 5.92 Å². The zero-order valence-electron chi connectivity index (χ0n) is 13.9. The van der Waals surface area contributed by atoms with Gasteiger partial charge in [-0.05, 0) is 46.2 Å². The van der Waals surface area contributed by atoms with Crippen LogP contribution in [0.3, 0.4) is 0 Å². The molecule has 1 aromatic rings. The van der Waals surface area contributed by atoms with Gasteiger partial charge in [-0.2, -0.15) is 0 Å². The molecule has 1 aromatic heterocycles. The highest BCUT2D eigenvalue weighted by Gasteiger charge is 2.30. The minimum absolute atomic E-state index is 0.0308. The van der Waals surface area contributed by atoms with E-state index in [-0.39, 0.29) is 12.2 Å². The molecule has 0 bridgehead atoms. The summed E-state index contributed by atoms with van der Waals surface area (Å²) >= 11 is 0.